The number of hydrazine groups is 1. The Morgan fingerprint density at radius 3 is 2.60 bits per heavy atom. The third kappa shape index (κ3) is 4.34. The van der Waals surface area contributed by atoms with Crippen LogP contribution in [0.4, 0.5) is 5.69 Å². The van der Waals surface area contributed by atoms with Crippen LogP contribution in [0.15, 0.2) is 24.3 Å². The molecule has 1 aromatic carbocycles. The number of anilines is 1. The van der Waals surface area contributed by atoms with Gasteiger partial charge in [0, 0.05) is 45.9 Å². The summed E-state index contributed by atoms with van der Waals surface area (Å²) >= 11 is 0. The minimum Gasteiger partial charge on any atom is -0.388 e. The maximum absolute atomic E-state index is 11.2. The van der Waals surface area contributed by atoms with E-state index in [1.54, 1.807) is 7.11 Å². The Morgan fingerprint density at radius 1 is 1.20 bits per heavy atom. The smallest absolute Gasteiger partial charge is 0.0862 e. The molecular formula is C20H33N3O2. The number of aliphatic hydroxyl groups is 1. The summed E-state index contributed by atoms with van der Waals surface area (Å²) in [5.41, 5.74) is 2.01. The lowest BCUT2D eigenvalue weighted by Gasteiger charge is -2.43. The van der Waals surface area contributed by atoms with Crippen molar-refractivity contribution in [3.05, 3.63) is 29.8 Å². The third-order valence-electron chi connectivity index (χ3n) is 5.56. The first kappa shape index (κ1) is 18.6. The fraction of sp³-hybridized carbons (Fsp3) is 0.700. The van der Waals surface area contributed by atoms with Crippen LogP contribution < -0.4 is 5.01 Å². The molecule has 5 heteroatoms. The number of β-amino-alcohol motifs (C(OH)–C–C–N with tert-alkyl or cyclic N) is 1. The molecule has 3 rings (SSSR count). The molecule has 0 spiro atoms. The van der Waals surface area contributed by atoms with Crippen molar-refractivity contribution in [2.24, 2.45) is 0 Å². The van der Waals surface area contributed by atoms with Crippen molar-refractivity contribution in [3.8, 4) is 0 Å². The molecule has 0 bridgehead atoms. The highest BCUT2D eigenvalue weighted by molar-refractivity contribution is 5.56. The lowest BCUT2D eigenvalue weighted by Crippen LogP contribution is -2.55. The molecule has 5 nitrogen and oxygen atoms in total. The molecular weight excluding hydrogens is 314 g/mol. The molecule has 1 fully saturated rings. The number of para-hydroxylation sites is 1. The lowest BCUT2D eigenvalue weighted by molar-refractivity contribution is -0.0252. The van der Waals surface area contributed by atoms with Crippen LogP contribution in [-0.4, -0.2) is 66.6 Å². The second-order valence-corrected chi connectivity index (χ2v) is 7.79. The Labute approximate surface area is 152 Å². The average molecular weight is 348 g/mol. The lowest BCUT2D eigenvalue weighted by atomic mass is 9.91. The summed E-state index contributed by atoms with van der Waals surface area (Å²) in [5, 5.41) is 15.9. The number of hydrogen-bond acceptors (Lipinski definition) is 5. The van der Waals surface area contributed by atoms with Crippen molar-refractivity contribution in [3.63, 3.8) is 0 Å². The van der Waals surface area contributed by atoms with Gasteiger partial charge in [-0.3, -0.25) is 0 Å². The molecule has 1 aromatic rings. The molecule has 0 unspecified atom stereocenters. The summed E-state index contributed by atoms with van der Waals surface area (Å²) in [7, 11) is 1.75. The van der Waals surface area contributed by atoms with Gasteiger partial charge in [0.2, 0.25) is 0 Å². The summed E-state index contributed by atoms with van der Waals surface area (Å²) in [5.74, 6) is 0. The monoisotopic (exact) mass is 347 g/mol. The van der Waals surface area contributed by atoms with Crippen molar-refractivity contribution in [1.82, 2.24) is 9.91 Å². The summed E-state index contributed by atoms with van der Waals surface area (Å²) in [6.07, 6.45) is 2.74. The van der Waals surface area contributed by atoms with Gasteiger partial charge in [-0.15, -0.1) is 0 Å². The molecule has 25 heavy (non-hydrogen) atoms. The van der Waals surface area contributed by atoms with Crippen LogP contribution in [0.1, 0.15) is 38.7 Å². The van der Waals surface area contributed by atoms with E-state index in [4.69, 9.17) is 4.74 Å². The first-order valence-electron chi connectivity index (χ1n) is 9.58. The summed E-state index contributed by atoms with van der Waals surface area (Å²) < 4.78 is 5.14. The van der Waals surface area contributed by atoms with Crippen molar-refractivity contribution in [2.45, 2.75) is 51.3 Å². The Hall–Kier alpha value is -1.14. The van der Waals surface area contributed by atoms with Crippen LogP contribution in [0, 0.1) is 0 Å². The number of piperidine rings is 1. The second-order valence-electron chi connectivity index (χ2n) is 7.79. The van der Waals surface area contributed by atoms with Gasteiger partial charge in [0.05, 0.1) is 17.8 Å². The number of benzene rings is 1. The van der Waals surface area contributed by atoms with Crippen LogP contribution in [0.3, 0.4) is 0 Å². The van der Waals surface area contributed by atoms with Gasteiger partial charge in [-0.05, 0) is 44.7 Å². The fourth-order valence-corrected chi connectivity index (χ4v) is 3.99. The Bertz CT molecular complexity index is 556. The molecule has 0 aromatic heterocycles. The molecule has 2 aliphatic rings. The standard InChI is InChI=1S/C20H33N3O2/c1-17(2)22-15-18-7-4-5-8-19(18)23(22)16-20(24)9-12-21(13-10-20)11-6-14-25-3/h4-5,7-8,17,24H,6,9-16H2,1-3H3. The van der Waals surface area contributed by atoms with Gasteiger partial charge in [0.1, 0.15) is 0 Å². The van der Waals surface area contributed by atoms with Gasteiger partial charge in [-0.1, -0.05) is 18.2 Å². The number of nitrogens with zero attached hydrogens (tertiary/aromatic N) is 3. The van der Waals surface area contributed by atoms with E-state index < -0.39 is 5.60 Å². The molecule has 0 saturated carbocycles. The fourth-order valence-electron chi connectivity index (χ4n) is 3.99. The maximum Gasteiger partial charge on any atom is 0.0862 e. The predicted molar refractivity (Wildman–Crippen MR) is 102 cm³/mol. The van der Waals surface area contributed by atoms with E-state index in [0.29, 0.717) is 12.6 Å². The topological polar surface area (TPSA) is 39.2 Å². The normalized spacial score (nSPS) is 21.1. The molecule has 0 atom stereocenters. The Morgan fingerprint density at radius 2 is 1.92 bits per heavy atom. The number of methoxy groups -OCH3 is 1. The minimum absolute atomic E-state index is 0.421. The highest BCUT2D eigenvalue weighted by Gasteiger charge is 2.38. The van der Waals surface area contributed by atoms with E-state index in [1.165, 1.54) is 11.3 Å². The molecule has 1 saturated heterocycles. The zero-order chi connectivity index (χ0) is 17.9. The molecule has 1 N–H and O–H groups in total. The van der Waals surface area contributed by atoms with Crippen LogP contribution >= 0.6 is 0 Å². The van der Waals surface area contributed by atoms with Gasteiger partial charge in [0.25, 0.3) is 0 Å². The van der Waals surface area contributed by atoms with E-state index in [2.05, 4.69) is 53.0 Å². The number of hydrogen-bond donors (Lipinski definition) is 1. The number of fused-ring (bicyclic) bond motifs is 1. The minimum atomic E-state index is -0.609. The molecule has 140 valence electrons. The molecule has 2 aliphatic heterocycles. The quantitative estimate of drug-likeness (QED) is 0.768. The number of rotatable bonds is 7. The highest BCUT2D eigenvalue weighted by Crippen LogP contribution is 2.35. The average Bonchev–Trinajstić information content (AvgIpc) is 2.96. The summed E-state index contributed by atoms with van der Waals surface area (Å²) in [6.45, 7) is 9.89. The van der Waals surface area contributed by atoms with E-state index in [9.17, 15) is 5.11 Å². The van der Waals surface area contributed by atoms with Crippen LogP contribution in [0.2, 0.25) is 0 Å². The van der Waals surface area contributed by atoms with Gasteiger partial charge in [-0.25, -0.2) is 5.01 Å². The predicted octanol–water partition coefficient (Wildman–Crippen LogP) is 2.50. The summed E-state index contributed by atoms with van der Waals surface area (Å²) in [6, 6.07) is 9.01. The van der Waals surface area contributed by atoms with Gasteiger partial charge in [0.15, 0.2) is 0 Å². The number of likely N-dealkylation sites (tertiary alicyclic amines) is 1. The van der Waals surface area contributed by atoms with E-state index in [-0.39, 0.29) is 0 Å². The van der Waals surface area contributed by atoms with Crippen LogP contribution in [0.25, 0.3) is 0 Å². The first-order valence-corrected chi connectivity index (χ1v) is 9.58. The van der Waals surface area contributed by atoms with E-state index in [0.717, 1.165) is 52.0 Å². The van der Waals surface area contributed by atoms with E-state index >= 15 is 0 Å². The summed E-state index contributed by atoms with van der Waals surface area (Å²) in [4.78, 5) is 2.45. The highest BCUT2D eigenvalue weighted by atomic mass is 16.5. The van der Waals surface area contributed by atoms with E-state index in [1.807, 2.05) is 0 Å². The molecule has 0 radical (unpaired) electrons. The molecule has 0 amide bonds. The van der Waals surface area contributed by atoms with Gasteiger partial charge < -0.3 is 19.8 Å². The maximum atomic E-state index is 11.2. The first-order chi connectivity index (χ1) is 12.0. The van der Waals surface area contributed by atoms with Gasteiger partial charge >= 0.3 is 0 Å². The zero-order valence-electron chi connectivity index (χ0n) is 15.9. The third-order valence-corrected chi connectivity index (χ3v) is 5.56. The van der Waals surface area contributed by atoms with Crippen LogP contribution in [0.5, 0.6) is 0 Å². The Kier molecular flexibility index (Phi) is 6.00. The van der Waals surface area contributed by atoms with Crippen molar-refractivity contribution in [2.75, 3.05) is 44.9 Å². The molecule has 2 heterocycles. The SMILES string of the molecule is COCCCN1CCC(O)(CN2c3ccccc3CN2C(C)C)CC1. The Balaban J connectivity index is 1.63. The largest absolute Gasteiger partial charge is 0.388 e. The zero-order valence-corrected chi connectivity index (χ0v) is 15.9. The number of ether oxygens (including phenoxy) is 1. The second kappa shape index (κ2) is 8.04. The van der Waals surface area contributed by atoms with Crippen molar-refractivity contribution >= 4 is 5.69 Å². The van der Waals surface area contributed by atoms with Gasteiger partial charge in [-0.2, -0.15) is 0 Å². The van der Waals surface area contributed by atoms with Crippen molar-refractivity contribution < 1.29 is 9.84 Å². The molecule has 0 aliphatic carbocycles. The van der Waals surface area contributed by atoms with Crippen LogP contribution in [-0.2, 0) is 11.3 Å². The van der Waals surface area contributed by atoms with Crippen molar-refractivity contribution in [1.29, 1.82) is 0 Å².